The molecule has 3 nitrogen and oxygen atoms in total. The Hall–Kier alpha value is 0.230. The number of hydrogen-bond donors (Lipinski definition) is 3. The zero-order chi connectivity index (χ0) is 14.6. The summed E-state index contributed by atoms with van der Waals surface area (Å²) in [7, 11) is 2.06. The monoisotopic (exact) mass is 303 g/mol. The van der Waals surface area contributed by atoms with Crippen molar-refractivity contribution in [3.63, 3.8) is 0 Å². The fourth-order valence-electron chi connectivity index (χ4n) is 2.97. The second-order valence-electron chi connectivity index (χ2n) is 6.01. The van der Waals surface area contributed by atoms with Gasteiger partial charge in [-0.25, -0.2) is 0 Å². The lowest BCUT2D eigenvalue weighted by Gasteiger charge is -2.28. The standard InChI is InChI=1S/C16H33NO2S/c1-17-15-10-8-6-4-2-3-5-7-9-11-16(15)20-13-14(19)12-18/h14-19H,2-13H2,1H3. The largest absolute Gasteiger partial charge is 0.394 e. The minimum atomic E-state index is -0.570. The Kier molecular flexibility index (Phi) is 10.8. The van der Waals surface area contributed by atoms with Gasteiger partial charge in [0.25, 0.3) is 0 Å². The van der Waals surface area contributed by atoms with Gasteiger partial charge in [0.1, 0.15) is 0 Å². The van der Waals surface area contributed by atoms with Gasteiger partial charge in [0.05, 0.1) is 12.7 Å². The molecule has 1 fully saturated rings. The van der Waals surface area contributed by atoms with Gasteiger partial charge in [0.2, 0.25) is 0 Å². The average Bonchev–Trinajstić information content (AvgIpc) is 2.46. The van der Waals surface area contributed by atoms with Crippen LogP contribution in [0.3, 0.4) is 0 Å². The van der Waals surface area contributed by atoms with Crippen molar-refractivity contribution >= 4 is 11.8 Å². The number of aliphatic hydroxyl groups is 2. The Bertz CT molecular complexity index is 229. The highest BCUT2D eigenvalue weighted by molar-refractivity contribution is 8.00. The topological polar surface area (TPSA) is 52.5 Å². The van der Waals surface area contributed by atoms with E-state index in [4.69, 9.17) is 5.11 Å². The summed E-state index contributed by atoms with van der Waals surface area (Å²) in [6, 6.07) is 0.547. The third-order valence-corrected chi connectivity index (χ3v) is 5.86. The minimum absolute atomic E-state index is 0.121. The van der Waals surface area contributed by atoms with E-state index >= 15 is 0 Å². The second kappa shape index (κ2) is 11.8. The molecular formula is C16H33NO2S. The lowest BCUT2D eigenvalue weighted by atomic mass is 9.97. The number of aliphatic hydroxyl groups excluding tert-OH is 2. The van der Waals surface area contributed by atoms with Crippen LogP contribution in [0.2, 0.25) is 0 Å². The maximum Gasteiger partial charge on any atom is 0.0861 e. The van der Waals surface area contributed by atoms with Gasteiger partial charge < -0.3 is 15.5 Å². The van der Waals surface area contributed by atoms with Gasteiger partial charge in [-0.2, -0.15) is 11.8 Å². The van der Waals surface area contributed by atoms with E-state index in [-0.39, 0.29) is 6.61 Å². The summed E-state index contributed by atoms with van der Waals surface area (Å²) in [5.74, 6) is 0.652. The molecule has 0 aromatic heterocycles. The highest BCUT2D eigenvalue weighted by Crippen LogP contribution is 2.26. The van der Waals surface area contributed by atoms with Crippen molar-refractivity contribution in [2.75, 3.05) is 19.4 Å². The number of rotatable bonds is 5. The van der Waals surface area contributed by atoms with Crippen molar-refractivity contribution in [2.45, 2.75) is 81.6 Å². The van der Waals surface area contributed by atoms with Crippen molar-refractivity contribution in [1.82, 2.24) is 5.32 Å². The van der Waals surface area contributed by atoms with Gasteiger partial charge in [-0.05, 0) is 19.9 Å². The molecule has 0 heterocycles. The summed E-state index contributed by atoms with van der Waals surface area (Å²) < 4.78 is 0. The van der Waals surface area contributed by atoms with Crippen LogP contribution in [0.5, 0.6) is 0 Å². The Labute approximate surface area is 128 Å². The first-order chi connectivity index (χ1) is 9.77. The van der Waals surface area contributed by atoms with Crippen molar-refractivity contribution in [3.05, 3.63) is 0 Å². The Balaban J connectivity index is 2.46. The molecule has 0 bridgehead atoms. The molecule has 1 aliphatic carbocycles. The van der Waals surface area contributed by atoms with Crippen LogP contribution >= 0.6 is 11.8 Å². The predicted octanol–water partition coefficient (Wildman–Crippen LogP) is 2.94. The minimum Gasteiger partial charge on any atom is -0.394 e. The lowest BCUT2D eigenvalue weighted by Crippen LogP contribution is -2.36. The molecule has 1 aliphatic rings. The maximum atomic E-state index is 9.56. The first kappa shape index (κ1) is 18.3. The smallest absolute Gasteiger partial charge is 0.0861 e. The number of thioether (sulfide) groups is 1. The second-order valence-corrected chi connectivity index (χ2v) is 7.28. The SMILES string of the molecule is CNC1CCCCCCCCCCC1SCC(O)CO. The Morgan fingerprint density at radius 2 is 1.55 bits per heavy atom. The van der Waals surface area contributed by atoms with Gasteiger partial charge in [-0.15, -0.1) is 0 Å². The molecule has 0 aliphatic heterocycles. The summed E-state index contributed by atoms with van der Waals surface area (Å²) in [6.07, 6.45) is 12.8. The molecule has 0 spiro atoms. The lowest BCUT2D eigenvalue weighted by molar-refractivity contribution is 0.113. The van der Waals surface area contributed by atoms with Gasteiger partial charge in [0.15, 0.2) is 0 Å². The van der Waals surface area contributed by atoms with E-state index in [0.717, 1.165) is 0 Å². The summed E-state index contributed by atoms with van der Waals surface area (Å²) in [6.45, 7) is -0.121. The fraction of sp³-hybridized carbons (Fsp3) is 1.00. The van der Waals surface area contributed by atoms with Crippen molar-refractivity contribution in [3.8, 4) is 0 Å². The molecular weight excluding hydrogens is 270 g/mol. The zero-order valence-corrected chi connectivity index (χ0v) is 13.8. The maximum absolute atomic E-state index is 9.56. The molecule has 3 N–H and O–H groups in total. The fourth-order valence-corrected chi connectivity index (χ4v) is 4.39. The predicted molar refractivity (Wildman–Crippen MR) is 88.4 cm³/mol. The van der Waals surface area contributed by atoms with Crippen LogP contribution in [-0.4, -0.2) is 47.0 Å². The van der Waals surface area contributed by atoms with E-state index in [1.165, 1.54) is 64.2 Å². The Morgan fingerprint density at radius 1 is 1.00 bits per heavy atom. The van der Waals surface area contributed by atoms with E-state index in [2.05, 4.69) is 12.4 Å². The summed E-state index contributed by atoms with van der Waals surface area (Å²) in [4.78, 5) is 0. The molecule has 120 valence electrons. The number of hydrogen-bond acceptors (Lipinski definition) is 4. The molecule has 1 saturated carbocycles. The van der Waals surface area contributed by atoms with Crippen molar-refractivity contribution in [2.24, 2.45) is 0 Å². The summed E-state index contributed by atoms with van der Waals surface area (Å²) >= 11 is 1.84. The normalized spacial score (nSPS) is 28.4. The molecule has 4 heteroatoms. The van der Waals surface area contributed by atoms with E-state index in [1.54, 1.807) is 0 Å². The van der Waals surface area contributed by atoms with Crippen LogP contribution in [0.4, 0.5) is 0 Å². The number of nitrogens with one attached hydrogen (secondary N) is 1. The average molecular weight is 304 g/mol. The summed E-state index contributed by atoms with van der Waals surface area (Å²) in [5, 5.41) is 22.6. The van der Waals surface area contributed by atoms with Crippen LogP contribution in [0.1, 0.15) is 64.2 Å². The first-order valence-electron chi connectivity index (χ1n) is 8.35. The van der Waals surface area contributed by atoms with Crippen LogP contribution in [0, 0.1) is 0 Å². The van der Waals surface area contributed by atoms with E-state index < -0.39 is 6.10 Å². The molecule has 0 radical (unpaired) electrons. The highest BCUT2D eigenvalue weighted by atomic mass is 32.2. The third-order valence-electron chi connectivity index (χ3n) is 4.29. The van der Waals surface area contributed by atoms with Gasteiger partial charge >= 0.3 is 0 Å². The Morgan fingerprint density at radius 3 is 2.10 bits per heavy atom. The van der Waals surface area contributed by atoms with Crippen LogP contribution < -0.4 is 5.32 Å². The van der Waals surface area contributed by atoms with E-state index in [0.29, 0.717) is 17.0 Å². The van der Waals surface area contributed by atoms with E-state index in [9.17, 15) is 5.11 Å². The molecule has 0 aromatic rings. The van der Waals surface area contributed by atoms with Crippen molar-refractivity contribution in [1.29, 1.82) is 0 Å². The van der Waals surface area contributed by atoms with Crippen LogP contribution in [-0.2, 0) is 0 Å². The van der Waals surface area contributed by atoms with Gasteiger partial charge in [0, 0.05) is 17.0 Å². The summed E-state index contributed by atoms with van der Waals surface area (Å²) in [5.41, 5.74) is 0. The van der Waals surface area contributed by atoms with Gasteiger partial charge in [-0.3, -0.25) is 0 Å². The van der Waals surface area contributed by atoms with Crippen LogP contribution in [0.25, 0.3) is 0 Å². The molecule has 20 heavy (non-hydrogen) atoms. The van der Waals surface area contributed by atoms with Crippen molar-refractivity contribution < 1.29 is 10.2 Å². The molecule has 0 aromatic carbocycles. The third kappa shape index (κ3) is 7.87. The molecule has 0 saturated heterocycles. The molecule has 0 amide bonds. The van der Waals surface area contributed by atoms with Gasteiger partial charge in [-0.1, -0.05) is 51.4 Å². The van der Waals surface area contributed by atoms with E-state index in [1.807, 2.05) is 11.8 Å². The molecule has 3 unspecified atom stereocenters. The first-order valence-corrected chi connectivity index (χ1v) is 9.40. The zero-order valence-electron chi connectivity index (χ0n) is 13.0. The molecule has 3 atom stereocenters. The quantitative estimate of drug-likeness (QED) is 0.731. The molecule has 1 rings (SSSR count). The highest BCUT2D eigenvalue weighted by Gasteiger charge is 2.21. The van der Waals surface area contributed by atoms with Crippen LogP contribution in [0.15, 0.2) is 0 Å².